The van der Waals surface area contributed by atoms with Crippen LogP contribution in [0.4, 0.5) is 17.1 Å². The summed E-state index contributed by atoms with van der Waals surface area (Å²) in [5, 5.41) is 0.892. The van der Waals surface area contributed by atoms with E-state index in [9.17, 15) is 5.48 Å². The van der Waals surface area contributed by atoms with Gasteiger partial charge in [-0.15, -0.1) is 0 Å². The van der Waals surface area contributed by atoms with Crippen LogP contribution in [0.15, 0.2) is 265 Å². The zero-order chi connectivity index (χ0) is 47.1. The van der Waals surface area contributed by atoms with Gasteiger partial charge in [0.1, 0.15) is 5.58 Å². The molecule has 0 unspecified atom stereocenters. The number of nitrogens with zero attached hydrogens (tertiary/aromatic N) is 1. The highest BCUT2D eigenvalue weighted by molar-refractivity contribution is 5.93. The van der Waals surface area contributed by atoms with Crippen LogP contribution in [0.3, 0.4) is 0 Å². The van der Waals surface area contributed by atoms with Crippen molar-refractivity contribution in [1.82, 2.24) is 0 Å². The zero-order valence-corrected chi connectivity index (χ0v) is 35.9. The first-order valence-electron chi connectivity index (χ1n) is 24.5. The topological polar surface area (TPSA) is 16.4 Å². The van der Waals surface area contributed by atoms with Crippen LogP contribution in [0.5, 0.6) is 0 Å². The minimum absolute atomic E-state index is 0.139. The molecule has 0 fully saturated rings. The Labute approximate surface area is 391 Å². The number of furan rings is 1. The van der Waals surface area contributed by atoms with E-state index in [0.717, 1.165) is 61.0 Å². The molecule has 2 heteroatoms. The fraction of sp³-hybridized carbons (Fsp3) is 0.0312. The van der Waals surface area contributed by atoms with Crippen molar-refractivity contribution in [3.8, 4) is 33.4 Å². The molecule has 13 rings (SSSR count). The Morgan fingerprint density at radius 1 is 0.333 bits per heavy atom. The van der Waals surface area contributed by atoms with Crippen molar-refractivity contribution in [2.45, 2.75) is 10.8 Å². The predicted molar refractivity (Wildman–Crippen MR) is 271 cm³/mol. The zero-order valence-electron chi connectivity index (χ0n) is 39.9. The SMILES string of the molecule is [2H]c1c([2H])c(N(c2ccc3c(c2)C(c2ccccc2)(c2ccccc2)c2ccccc2-3)c2ccc3c(c2)C(c2ccccc2)(c2ccccc2)c2ccccc2-3)c([2H])c([2H])c1-c1ccc2ccoc2c1. The summed E-state index contributed by atoms with van der Waals surface area (Å²) in [6.45, 7) is 0. The minimum Gasteiger partial charge on any atom is -0.464 e. The lowest BCUT2D eigenvalue weighted by Crippen LogP contribution is -2.29. The summed E-state index contributed by atoms with van der Waals surface area (Å²) in [5.41, 5.74) is 14.8. The molecule has 0 radical (unpaired) electrons. The van der Waals surface area contributed by atoms with Crippen molar-refractivity contribution in [3.05, 3.63) is 305 Å². The van der Waals surface area contributed by atoms with Gasteiger partial charge in [-0.25, -0.2) is 0 Å². The highest BCUT2D eigenvalue weighted by Gasteiger charge is 2.48. The summed E-state index contributed by atoms with van der Waals surface area (Å²) in [6, 6.07) is 79.7. The Morgan fingerprint density at radius 2 is 0.758 bits per heavy atom. The lowest BCUT2D eigenvalue weighted by atomic mass is 9.67. The third-order valence-corrected chi connectivity index (χ3v) is 14.0. The maximum absolute atomic E-state index is 10.0. The lowest BCUT2D eigenvalue weighted by Gasteiger charge is -2.36. The highest BCUT2D eigenvalue weighted by atomic mass is 16.3. The van der Waals surface area contributed by atoms with Gasteiger partial charge >= 0.3 is 0 Å². The Hall–Kier alpha value is -8.46. The molecule has 0 aliphatic heterocycles. The molecule has 0 spiro atoms. The second kappa shape index (κ2) is 15.1. The second-order valence-corrected chi connectivity index (χ2v) is 17.2. The molecule has 0 atom stereocenters. The molecule has 11 aromatic rings. The number of benzene rings is 10. The van der Waals surface area contributed by atoms with Gasteiger partial charge < -0.3 is 9.32 Å². The van der Waals surface area contributed by atoms with Crippen molar-refractivity contribution in [2.24, 2.45) is 0 Å². The molecular weight excluding hydrogens is 799 g/mol. The molecule has 0 saturated carbocycles. The number of fused-ring (bicyclic) bond motifs is 7. The molecule has 0 bridgehead atoms. The number of hydrogen-bond acceptors (Lipinski definition) is 2. The summed E-state index contributed by atoms with van der Waals surface area (Å²) in [7, 11) is 0. The van der Waals surface area contributed by atoms with Crippen LogP contribution in [0.1, 0.15) is 50.0 Å². The largest absolute Gasteiger partial charge is 0.464 e. The van der Waals surface area contributed by atoms with E-state index in [-0.39, 0.29) is 35.4 Å². The van der Waals surface area contributed by atoms with Gasteiger partial charge in [0, 0.05) is 22.4 Å². The number of anilines is 3. The fourth-order valence-corrected chi connectivity index (χ4v) is 11.2. The van der Waals surface area contributed by atoms with Crippen LogP contribution in [0.25, 0.3) is 44.3 Å². The lowest BCUT2D eigenvalue weighted by molar-refractivity contribution is 0.616. The Bertz CT molecular complexity index is 3540. The first-order valence-corrected chi connectivity index (χ1v) is 22.5. The van der Waals surface area contributed by atoms with Crippen LogP contribution >= 0.6 is 0 Å². The highest BCUT2D eigenvalue weighted by Crippen LogP contribution is 2.59. The molecule has 0 N–H and O–H groups in total. The molecular formula is C64H43NO. The standard InChI is InChI=1S/C64H43NO/c1-5-17-47(18-6-1)63(48-19-7-2-8-20-48)58-27-15-13-25-54(58)56-37-35-52(42-60(56)63)65(51-33-31-44(32-34-51)46-30-29-45-39-40-66-62(45)41-46)53-36-38-57-55-26-14-16-28-59(55)64(61(57)43-53,49-21-9-3-10-22-49)50-23-11-4-12-24-50/h1-43H/i31D,32D,33D,34D. The average Bonchev–Trinajstić information content (AvgIpc) is 4.10. The first kappa shape index (κ1) is 34.0. The van der Waals surface area contributed by atoms with E-state index in [2.05, 4.69) is 206 Å². The van der Waals surface area contributed by atoms with E-state index in [1.807, 2.05) is 23.1 Å². The van der Waals surface area contributed by atoms with Gasteiger partial charge in [0.05, 0.1) is 22.6 Å². The smallest absolute Gasteiger partial charge is 0.134 e. The van der Waals surface area contributed by atoms with Crippen molar-refractivity contribution in [3.63, 3.8) is 0 Å². The van der Waals surface area contributed by atoms with Crippen molar-refractivity contribution < 1.29 is 9.90 Å². The van der Waals surface area contributed by atoms with E-state index < -0.39 is 10.8 Å². The van der Waals surface area contributed by atoms with Crippen LogP contribution < -0.4 is 4.90 Å². The minimum atomic E-state index is -0.728. The molecule has 66 heavy (non-hydrogen) atoms. The Morgan fingerprint density at radius 3 is 1.23 bits per heavy atom. The van der Waals surface area contributed by atoms with Gasteiger partial charge in [-0.1, -0.05) is 206 Å². The van der Waals surface area contributed by atoms with Gasteiger partial charge in [0.15, 0.2) is 0 Å². The maximum atomic E-state index is 10.0. The number of rotatable bonds is 8. The second-order valence-electron chi connectivity index (χ2n) is 17.2. The molecule has 2 nitrogen and oxygen atoms in total. The molecule has 2 aliphatic rings. The van der Waals surface area contributed by atoms with Crippen LogP contribution in [-0.4, -0.2) is 0 Å². The molecule has 1 aromatic heterocycles. The van der Waals surface area contributed by atoms with Crippen LogP contribution in [0, 0.1) is 0 Å². The number of hydrogen-bond donors (Lipinski definition) is 0. The molecule has 0 amide bonds. The van der Waals surface area contributed by atoms with E-state index in [1.54, 1.807) is 12.3 Å². The van der Waals surface area contributed by atoms with E-state index in [0.29, 0.717) is 22.5 Å². The molecule has 0 saturated heterocycles. The molecule has 310 valence electrons. The normalized spacial score (nSPS) is 14.5. The van der Waals surface area contributed by atoms with Gasteiger partial charge in [-0.3, -0.25) is 0 Å². The van der Waals surface area contributed by atoms with Crippen molar-refractivity contribution >= 4 is 28.0 Å². The third-order valence-electron chi connectivity index (χ3n) is 14.0. The quantitative estimate of drug-likeness (QED) is 0.151. The van der Waals surface area contributed by atoms with E-state index >= 15 is 0 Å². The fourth-order valence-electron chi connectivity index (χ4n) is 11.2. The average molecular weight is 846 g/mol. The molecule has 1 heterocycles. The molecule has 10 aromatic carbocycles. The van der Waals surface area contributed by atoms with E-state index in [1.165, 1.54) is 11.1 Å². The summed E-state index contributed by atoms with van der Waals surface area (Å²) < 4.78 is 45.3. The van der Waals surface area contributed by atoms with Gasteiger partial charge in [-0.05, 0) is 126 Å². The summed E-state index contributed by atoms with van der Waals surface area (Å²) in [4.78, 5) is 1.97. The Kier molecular flexibility index (Phi) is 7.77. The summed E-state index contributed by atoms with van der Waals surface area (Å²) in [5.74, 6) is 0. The molecule has 2 aliphatic carbocycles. The monoisotopic (exact) mass is 845 g/mol. The van der Waals surface area contributed by atoms with Gasteiger partial charge in [0.2, 0.25) is 0 Å². The summed E-state index contributed by atoms with van der Waals surface area (Å²) in [6.07, 6.45) is 1.61. The van der Waals surface area contributed by atoms with Gasteiger partial charge in [0.25, 0.3) is 0 Å². The van der Waals surface area contributed by atoms with Crippen molar-refractivity contribution in [1.29, 1.82) is 0 Å². The van der Waals surface area contributed by atoms with Crippen LogP contribution in [0.2, 0.25) is 0 Å². The first-order chi connectivity index (χ1) is 34.4. The third kappa shape index (κ3) is 5.55. The van der Waals surface area contributed by atoms with Crippen LogP contribution in [-0.2, 0) is 10.8 Å². The predicted octanol–water partition coefficient (Wildman–Crippen LogP) is 16.3. The Balaban J connectivity index is 1.12. The van der Waals surface area contributed by atoms with Crippen molar-refractivity contribution in [2.75, 3.05) is 4.90 Å². The van der Waals surface area contributed by atoms with Gasteiger partial charge in [-0.2, -0.15) is 0 Å². The van der Waals surface area contributed by atoms with E-state index in [4.69, 9.17) is 4.42 Å². The maximum Gasteiger partial charge on any atom is 0.134 e. The summed E-state index contributed by atoms with van der Waals surface area (Å²) >= 11 is 0.